The topological polar surface area (TPSA) is 104 Å². The lowest BCUT2D eigenvalue weighted by molar-refractivity contribution is -0.122. The molecule has 2 fully saturated rings. The van der Waals surface area contributed by atoms with Crippen molar-refractivity contribution in [1.29, 1.82) is 0 Å². The van der Waals surface area contributed by atoms with Gasteiger partial charge in [-0.05, 0) is 37.5 Å². The van der Waals surface area contributed by atoms with E-state index in [0.29, 0.717) is 5.02 Å². The molecule has 3 N–H and O–H groups in total. The number of carbonyl (C=O) groups is 2. The zero-order valence-corrected chi connectivity index (χ0v) is 17.9. The zero-order chi connectivity index (χ0) is 20.3. The third kappa shape index (κ3) is 5.00. The van der Waals surface area contributed by atoms with Crippen LogP contribution >= 0.6 is 23.4 Å². The van der Waals surface area contributed by atoms with Gasteiger partial charge in [0.2, 0.25) is 11.8 Å². The van der Waals surface area contributed by atoms with Gasteiger partial charge in [-0.3, -0.25) is 14.9 Å². The molecular weight excluding hydrogens is 422 g/mol. The molecule has 0 aromatic heterocycles. The first-order valence-electron chi connectivity index (χ1n) is 9.22. The van der Waals surface area contributed by atoms with Crippen LogP contribution in [0.5, 0.6) is 0 Å². The second kappa shape index (κ2) is 9.02. The van der Waals surface area contributed by atoms with Gasteiger partial charge >= 0.3 is 0 Å². The number of benzene rings is 1. The minimum absolute atomic E-state index is 0.0205. The molecule has 154 valence electrons. The number of amides is 2. The van der Waals surface area contributed by atoms with Gasteiger partial charge in [0.1, 0.15) is 5.50 Å². The fourth-order valence-corrected chi connectivity index (χ4v) is 5.94. The lowest BCUT2D eigenvalue weighted by Crippen LogP contribution is -2.59. The Morgan fingerprint density at radius 1 is 1.32 bits per heavy atom. The van der Waals surface area contributed by atoms with E-state index in [1.165, 1.54) is 23.9 Å². The molecule has 2 atom stereocenters. The molecule has 0 spiro atoms. The van der Waals surface area contributed by atoms with Crippen molar-refractivity contribution in [3.8, 4) is 0 Å². The van der Waals surface area contributed by atoms with Crippen molar-refractivity contribution in [3.63, 3.8) is 0 Å². The number of thioether (sulfide) groups is 1. The predicted molar refractivity (Wildman–Crippen MR) is 110 cm³/mol. The molecule has 1 saturated heterocycles. The van der Waals surface area contributed by atoms with Crippen LogP contribution in [0.1, 0.15) is 31.2 Å². The number of hydrogen-bond donors (Lipinski definition) is 3. The summed E-state index contributed by atoms with van der Waals surface area (Å²) in [5.41, 5.74) is 0.258. The number of carbonyl (C=O) groups excluding carboxylic acids is 2. The highest BCUT2D eigenvalue weighted by Gasteiger charge is 2.38. The summed E-state index contributed by atoms with van der Waals surface area (Å²) in [6.45, 7) is 1.75. The molecule has 0 radical (unpaired) electrons. The Morgan fingerprint density at radius 3 is 2.68 bits per heavy atom. The van der Waals surface area contributed by atoms with Crippen LogP contribution in [0.3, 0.4) is 0 Å². The smallest absolute Gasteiger partial charge is 0.241 e. The van der Waals surface area contributed by atoms with E-state index in [1.807, 2.05) is 0 Å². The summed E-state index contributed by atoms with van der Waals surface area (Å²) in [4.78, 5) is 24.5. The average molecular weight is 446 g/mol. The van der Waals surface area contributed by atoms with Gasteiger partial charge in [-0.1, -0.05) is 30.5 Å². The molecule has 2 unspecified atom stereocenters. The zero-order valence-electron chi connectivity index (χ0n) is 15.5. The maximum Gasteiger partial charge on any atom is 0.241 e. The fraction of sp³-hybridized carbons (Fsp3) is 0.556. The molecule has 1 aliphatic carbocycles. The molecule has 2 amide bonds. The van der Waals surface area contributed by atoms with Gasteiger partial charge in [-0.15, -0.1) is 11.8 Å². The first-order valence-corrected chi connectivity index (χ1v) is 12.2. The molecule has 28 heavy (non-hydrogen) atoms. The molecule has 7 nitrogen and oxygen atoms in total. The maximum absolute atomic E-state index is 12.8. The van der Waals surface area contributed by atoms with Crippen molar-refractivity contribution in [2.45, 2.75) is 54.3 Å². The van der Waals surface area contributed by atoms with E-state index < -0.39 is 26.5 Å². The number of aryl methyl sites for hydroxylation is 1. The van der Waals surface area contributed by atoms with Crippen molar-refractivity contribution < 1.29 is 18.0 Å². The van der Waals surface area contributed by atoms with E-state index in [0.717, 1.165) is 31.2 Å². The molecule has 2 aliphatic rings. The van der Waals surface area contributed by atoms with E-state index in [-0.39, 0.29) is 29.1 Å². The Hall–Kier alpha value is -1.29. The molecular formula is C18H24ClN3O4S2. The van der Waals surface area contributed by atoms with Crippen LogP contribution in [0.25, 0.3) is 0 Å². The molecule has 10 heteroatoms. The number of halogens is 1. The third-order valence-electron chi connectivity index (χ3n) is 5.00. The van der Waals surface area contributed by atoms with Crippen LogP contribution in [0.2, 0.25) is 5.02 Å². The maximum atomic E-state index is 12.8. The lowest BCUT2D eigenvalue weighted by Gasteiger charge is -2.29. The van der Waals surface area contributed by atoms with Gasteiger partial charge in [0.15, 0.2) is 15.1 Å². The normalized spacial score (nSPS) is 23.4. The predicted octanol–water partition coefficient (Wildman–Crippen LogP) is 1.59. The van der Waals surface area contributed by atoms with Crippen LogP contribution in [-0.2, 0) is 19.4 Å². The van der Waals surface area contributed by atoms with Crippen LogP contribution in [-0.4, -0.2) is 49.3 Å². The monoisotopic (exact) mass is 445 g/mol. The standard InChI is InChI=1S/C18H24ClN3O4S2/c1-11-6-7-13(8-14(11)19)28(25,26)15-9-20-18(22-17(15)24)27-10-16(23)21-12-4-2-3-5-12/h6-8,12,15,18,20H,2-5,9-10H2,1H3,(H,21,23)(H,22,24). The van der Waals surface area contributed by atoms with Crippen LogP contribution in [0.15, 0.2) is 23.1 Å². The van der Waals surface area contributed by atoms with E-state index in [9.17, 15) is 18.0 Å². The Balaban J connectivity index is 1.54. The quantitative estimate of drug-likeness (QED) is 0.614. The second-order valence-electron chi connectivity index (χ2n) is 7.10. The van der Waals surface area contributed by atoms with Crippen molar-refractivity contribution in [3.05, 3.63) is 28.8 Å². The highest BCUT2D eigenvalue weighted by Crippen LogP contribution is 2.24. The molecule has 1 heterocycles. The van der Waals surface area contributed by atoms with Crippen molar-refractivity contribution in [1.82, 2.24) is 16.0 Å². The second-order valence-corrected chi connectivity index (χ2v) is 10.7. The summed E-state index contributed by atoms with van der Waals surface area (Å²) >= 11 is 7.26. The highest BCUT2D eigenvalue weighted by atomic mass is 35.5. The third-order valence-corrected chi connectivity index (χ3v) is 8.50. The molecule has 1 aromatic carbocycles. The first-order chi connectivity index (χ1) is 13.3. The Kier molecular flexibility index (Phi) is 6.90. The minimum atomic E-state index is -3.87. The van der Waals surface area contributed by atoms with Crippen LogP contribution in [0, 0.1) is 6.92 Å². The van der Waals surface area contributed by atoms with Gasteiger partial charge in [-0.2, -0.15) is 0 Å². The van der Waals surface area contributed by atoms with Gasteiger partial charge < -0.3 is 10.6 Å². The molecule has 0 bridgehead atoms. The summed E-state index contributed by atoms with van der Waals surface area (Å²) in [7, 11) is -3.87. The number of rotatable bonds is 6. The summed E-state index contributed by atoms with van der Waals surface area (Å²) in [5.74, 6) is -0.458. The van der Waals surface area contributed by atoms with E-state index >= 15 is 0 Å². The largest absolute Gasteiger partial charge is 0.353 e. The average Bonchev–Trinajstić information content (AvgIpc) is 3.15. The molecule has 1 saturated carbocycles. The van der Waals surface area contributed by atoms with E-state index in [2.05, 4.69) is 16.0 Å². The molecule has 1 aliphatic heterocycles. The molecule has 1 aromatic rings. The van der Waals surface area contributed by atoms with Crippen LogP contribution in [0.4, 0.5) is 0 Å². The summed E-state index contributed by atoms with van der Waals surface area (Å²) in [5, 5.41) is 7.71. The Labute approximate surface area is 174 Å². The van der Waals surface area contributed by atoms with Gasteiger partial charge in [-0.25, -0.2) is 8.42 Å². The van der Waals surface area contributed by atoms with Gasteiger partial charge in [0.05, 0.1) is 10.6 Å². The minimum Gasteiger partial charge on any atom is -0.353 e. The first kappa shape index (κ1) is 21.4. The van der Waals surface area contributed by atoms with Crippen molar-refractivity contribution >= 4 is 45.0 Å². The van der Waals surface area contributed by atoms with E-state index in [4.69, 9.17) is 11.6 Å². The Morgan fingerprint density at radius 2 is 2.04 bits per heavy atom. The van der Waals surface area contributed by atoms with Gasteiger partial charge in [0.25, 0.3) is 0 Å². The van der Waals surface area contributed by atoms with Gasteiger partial charge in [0, 0.05) is 17.6 Å². The molecule has 3 rings (SSSR count). The number of sulfone groups is 1. The van der Waals surface area contributed by atoms with Crippen molar-refractivity contribution in [2.75, 3.05) is 12.3 Å². The van der Waals surface area contributed by atoms with E-state index in [1.54, 1.807) is 13.0 Å². The summed E-state index contributed by atoms with van der Waals surface area (Å²) in [6.07, 6.45) is 4.30. The summed E-state index contributed by atoms with van der Waals surface area (Å²) < 4.78 is 25.6. The lowest BCUT2D eigenvalue weighted by atomic mass is 10.2. The number of hydrogen-bond acceptors (Lipinski definition) is 6. The highest BCUT2D eigenvalue weighted by molar-refractivity contribution is 8.00. The van der Waals surface area contributed by atoms with Crippen LogP contribution < -0.4 is 16.0 Å². The number of nitrogens with one attached hydrogen (secondary N) is 3. The Bertz CT molecular complexity index is 856. The SMILES string of the molecule is Cc1ccc(S(=O)(=O)C2CNC(SCC(=O)NC3CCCC3)NC2=O)cc1Cl. The fourth-order valence-electron chi connectivity index (χ4n) is 3.34. The van der Waals surface area contributed by atoms with Crippen molar-refractivity contribution in [2.24, 2.45) is 0 Å². The summed E-state index contributed by atoms with van der Waals surface area (Å²) in [6, 6.07) is 4.69.